The molecule has 1 aromatic rings. The molecule has 1 saturated heterocycles. The molecule has 0 amide bonds. The van der Waals surface area contributed by atoms with Crippen molar-refractivity contribution in [3.8, 4) is 0 Å². The number of ether oxygens (including phenoxy) is 1. The van der Waals surface area contributed by atoms with Gasteiger partial charge in [-0.2, -0.15) is 0 Å². The van der Waals surface area contributed by atoms with Crippen molar-refractivity contribution in [3.05, 3.63) is 53.3 Å². The number of nitrogens with zero attached hydrogens (tertiary/aromatic N) is 1. The number of likely N-dealkylation sites (tertiary alicyclic amines) is 1. The van der Waals surface area contributed by atoms with Crippen molar-refractivity contribution < 1.29 is 4.74 Å². The second-order valence-electron chi connectivity index (χ2n) is 6.96. The topological polar surface area (TPSA) is 12.5 Å². The smallest absolute Gasteiger partial charge is 0.121 e. The predicted molar refractivity (Wildman–Crippen MR) is 95.1 cm³/mol. The third-order valence-electron chi connectivity index (χ3n) is 5.75. The lowest BCUT2D eigenvalue weighted by molar-refractivity contribution is 0.0788. The maximum absolute atomic E-state index is 6.22. The van der Waals surface area contributed by atoms with E-state index < -0.39 is 0 Å². The molecule has 2 heteroatoms. The minimum absolute atomic E-state index is 0.0654. The predicted octanol–water partition coefficient (Wildman–Crippen LogP) is 4.78. The lowest BCUT2D eigenvalue weighted by Crippen LogP contribution is -2.51. The van der Waals surface area contributed by atoms with Crippen molar-refractivity contribution in [3.63, 3.8) is 0 Å². The van der Waals surface area contributed by atoms with Crippen molar-refractivity contribution in [2.45, 2.75) is 51.0 Å². The molecule has 0 aromatic heterocycles. The van der Waals surface area contributed by atoms with Crippen LogP contribution in [0, 0.1) is 0 Å². The molecule has 2 fully saturated rings. The summed E-state index contributed by atoms with van der Waals surface area (Å²) in [5, 5.41) is 0. The molecule has 1 heterocycles. The first kappa shape index (κ1) is 15.0. The highest BCUT2D eigenvalue weighted by atomic mass is 16.5. The molecule has 3 aliphatic rings. The minimum Gasteiger partial charge on any atom is -0.496 e. The normalized spacial score (nSPS) is 28.0. The van der Waals surface area contributed by atoms with E-state index in [2.05, 4.69) is 48.2 Å². The molecule has 23 heavy (non-hydrogen) atoms. The van der Waals surface area contributed by atoms with Crippen molar-refractivity contribution in [2.75, 3.05) is 19.7 Å². The summed E-state index contributed by atoms with van der Waals surface area (Å²) in [5.41, 5.74) is 4.47. The van der Waals surface area contributed by atoms with Crippen molar-refractivity contribution >= 4 is 5.57 Å². The van der Waals surface area contributed by atoms with Gasteiger partial charge in [0.15, 0.2) is 0 Å². The van der Waals surface area contributed by atoms with Crippen LogP contribution in [-0.4, -0.2) is 30.1 Å². The van der Waals surface area contributed by atoms with Gasteiger partial charge in [-0.3, -0.25) is 4.90 Å². The van der Waals surface area contributed by atoms with Crippen LogP contribution in [0.25, 0.3) is 5.57 Å². The molecule has 2 aliphatic carbocycles. The van der Waals surface area contributed by atoms with Crippen LogP contribution in [0.4, 0.5) is 0 Å². The summed E-state index contributed by atoms with van der Waals surface area (Å²) in [6, 6.07) is 10.9. The summed E-state index contributed by atoms with van der Waals surface area (Å²) in [5.74, 6) is 1.22. The quantitative estimate of drug-likeness (QED) is 0.793. The largest absolute Gasteiger partial charge is 0.496 e. The summed E-state index contributed by atoms with van der Waals surface area (Å²) in [7, 11) is 0. The molecule has 4 rings (SSSR count). The number of hydrogen-bond donors (Lipinski definition) is 0. The lowest BCUT2D eigenvalue weighted by atomic mass is 9.75. The van der Waals surface area contributed by atoms with Crippen LogP contribution in [0.5, 0.6) is 0 Å². The Balaban J connectivity index is 1.85. The van der Waals surface area contributed by atoms with Gasteiger partial charge in [0, 0.05) is 0 Å². The van der Waals surface area contributed by atoms with E-state index in [9.17, 15) is 0 Å². The number of benzene rings is 1. The summed E-state index contributed by atoms with van der Waals surface area (Å²) in [6.45, 7) is 5.31. The molecule has 0 spiro atoms. The minimum atomic E-state index is 0.0654. The zero-order chi connectivity index (χ0) is 15.7. The zero-order valence-electron chi connectivity index (χ0n) is 14.2. The lowest BCUT2D eigenvalue weighted by Gasteiger charge is -2.45. The molecule has 0 N–H and O–H groups in total. The van der Waals surface area contributed by atoms with E-state index in [1.165, 1.54) is 68.5 Å². The average molecular weight is 309 g/mol. The Labute approximate surface area is 139 Å². The number of rotatable bonds is 4. The first-order chi connectivity index (χ1) is 11.4. The Hall–Kier alpha value is -1.54. The van der Waals surface area contributed by atoms with Crippen LogP contribution in [0.2, 0.25) is 0 Å². The van der Waals surface area contributed by atoms with Crippen molar-refractivity contribution in [1.29, 1.82) is 0 Å². The summed E-state index contributed by atoms with van der Waals surface area (Å²) < 4.78 is 6.22. The Morgan fingerprint density at radius 1 is 1.04 bits per heavy atom. The van der Waals surface area contributed by atoms with E-state index in [0.717, 1.165) is 6.61 Å². The maximum Gasteiger partial charge on any atom is 0.121 e. The van der Waals surface area contributed by atoms with Crippen LogP contribution in [0.3, 0.4) is 0 Å². The second kappa shape index (κ2) is 6.16. The van der Waals surface area contributed by atoms with E-state index in [1.54, 1.807) is 5.57 Å². The molecule has 0 radical (unpaired) electrons. The number of allylic oxidation sites excluding steroid dienone is 2. The fraction of sp³-hybridized carbons (Fsp3) is 0.524. The second-order valence-corrected chi connectivity index (χ2v) is 6.96. The molecule has 2 nitrogen and oxygen atoms in total. The highest BCUT2D eigenvalue weighted by Crippen LogP contribution is 2.52. The van der Waals surface area contributed by atoms with E-state index in [0.29, 0.717) is 0 Å². The molecule has 122 valence electrons. The number of hydrogen-bond acceptors (Lipinski definition) is 2. The molecule has 0 bridgehead atoms. The highest BCUT2D eigenvalue weighted by Gasteiger charge is 2.50. The monoisotopic (exact) mass is 309 g/mol. The van der Waals surface area contributed by atoms with Crippen LogP contribution in [-0.2, 0) is 4.74 Å². The number of fused-ring (bicyclic) bond motifs is 1. The molecule has 1 saturated carbocycles. The van der Waals surface area contributed by atoms with Gasteiger partial charge in [-0.15, -0.1) is 0 Å². The van der Waals surface area contributed by atoms with Gasteiger partial charge in [0.1, 0.15) is 11.3 Å². The summed E-state index contributed by atoms with van der Waals surface area (Å²) >= 11 is 0. The Morgan fingerprint density at radius 3 is 2.57 bits per heavy atom. The summed E-state index contributed by atoms with van der Waals surface area (Å²) in [6.07, 6.45) is 10.1. The standard InChI is InChI=1S/C21H27NO/c1-2-23-20-16-18(17-10-4-3-5-11-17)19-12-6-7-13-21(19,20)22-14-8-9-15-22/h3-5,10-11,16H,2,6-9,12-15H2,1H3. The first-order valence-corrected chi connectivity index (χ1v) is 9.25. The van der Waals surface area contributed by atoms with Crippen LogP contribution in [0.15, 0.2) is 47.7 Å². The van der Waals surface area contributed by atoms with Crippen LogP contribution in [0.1, 0.15) is 51.0 Å². The van der Waals surface area contributed by atoms with Gasteiger partial charge in [-0.25, -0.2) is 0 Å². The van der Waals surface area contributed by atoms with Crippen molar-refractivity contribution in [1.82, 2.24) is 4.90 Å². The van der Waals surface area contributed by atoms with Crippen LogP contribution >= 0.6 is 0 Å². The molecular formula is C21H27NO. The molecule has 1 atom stereocenters. The average Bonchev–Trinajstić information content (AvgIpc) is 3.23. The highest BCUT2D eigenvalue weighted by molar-refractivity contribution is 5.83. The van der Waals surface area contributed by atoms with E-state index in [-0.39, 0.29) is 5.54 Å². The van der Waals surface area contributed by atoms with E-state index >= 15 is 0 Å². The molecule has 1 unspecified atom stereocenters. The fourth-order valence-corrected chi connectivity index (χ4v) is 4.80. The zero-order valence-corrected chi connectivity index (χ0v) is 14.2. The molecule has 1 aliphatic heterocycles. The van der Waals surface area contributed by atoms with E-state index in [4.69, 9.17) is 4.74 Å². The van der Waals surface area contributed by atoms with Gasteiger partial charge in [0.05, 0.1) is 6.61 Å². The first-order valence-electron chi connectivity index (χ1n) is 9.25. The van der Waals surface area contributed by atoms with Crippen molar-refractivity contribution in [2.24, 2.45) is 0 Å². The van der Waals surface area contributed by atoms with Gasteiger partial charge >= 0.3 is 0 Å². The Kier molecular flexibility index (Phi) is 4.02. The fourth-order valence-electron chi connectivity index (χ4n) is 4.80. The van der Waals surface area contributed by atoms with Gasteiger partial charge in [-0.1, -0.05) is 36.8 Å². The molecule has 1 aromatic carbocycles. The Morgan fingerprint density at radius 2 is 1.83 bits per heavy atom. The third-order valence-corrected chi connectivity index (χ3v) is 5.75. The van der Waals surface area contributed by atoms with Crippen LogP contribution < -0.4 is 0 Å². The van der Waals surface area contributed by atoms with Gasteiger partial charge in [0.2, 0.25) is 0 Å². The van der Waals surface area contributed by atoms with E-state index in [1.807, 2.05) is 0 Å². The Bertz CT molecular complexity index is 625. The van der Waals surface area contributed by atoms with Gasteiger partial charge in [0.25, 0.3) is 0 Å². The third kappa shape index (κ3) is 2.35. The molecular weight excluding hydrogens is 282 g/mol. The SMILES string of the molecule is CCOC1=CC(c2ccccc2)=C2CCCCC12N1CCCC1. The van der Waals surface area contributed by atoms with Gasteiger partial charge in [-0.05, 0) is 74.9 Å². The maximum atomic E-state index is 6.22. The summed E-state index contributed by atoms with van der Waals surface area (Å²) in [4.78, 5) is 2.72. The van der Waals surface area contributed by atoms with Gasteiger partial charge < -0.3 is 4.74 Å².